The number of rotatable bonds is 7. The SMILES string of the molecule is CCCN(CCC)CN1C(=O)SC(=Cc2ccccc2F)C1=O. The van der Waals surface area contributed by atoms with Gasteiger partial charge in [0.2, 0.25) is 0 Å². The van der Waals surface area contributed by atoms with Gasteiger partial charge in [0, 0.05) is 5.56 Å². The molecular formula is C17H21FN2O2S. The van der Waals surface area contributed by atoms with Crippen LogP contribution in [-0.4, -0.2) is 40.7 Å². The zero-order chi connectivity index (χ0) is 16.8. The monoisotopic (exact) mass is 336 g/mol. The molecular weight excluding hydrogens is 315 g/mol. The van der Waals surface area contributed by atoms with Crippen molar-refractivity contribution in [1.29, 1.82) is 0 Å². The molecule has 0 aromatic heterocycles. The molecule has 4 nitrogen and oxygen atoms in total. The molecule has 1 saturated heterocycles. The molecule has 1 aliphatic heterocycles. The molecule has 0 bridgehead atoms. The number of thioether (sulfide) groups is 1. The summed E-state index contributed by atoms with van der Waals surface area (Å²) in [6.07, 6.45) is 3.37. The molecule has 2 rings (SSSR count). The molecule has 0 atom stereocenters. The molecule has 0 spiro atoms. The topological polar surface area (TPSA) is 40.6 Å². The van der Waals surface area contributed by atoms with Crippen molar-refractivity contribution in [2.75, 3.05) is 19.8 Å². The predicted octanol–water partition coefficient (Wildman–Crippen LogP) is 3.94. The Morgan fingerprint density at radius 1 is 1.17 bits per heavy atom. The highest BCUT2D eigenvalue weighted by Crippen LogP contribution is 2.32. The number of amides is 2. The lowest BCUT2D eigenvalue weighted by Gasteiger charge is -2.25. The van der Waals surface area contributed by atoms with Crippen LogP contribution in [0, 0.1) is 5.82 Å². The normalized spacial score (nSPS) is 16.9. The van der Waals surface area contributed by atoms with Crippen LogP contribution >= 0.6 is 11.8 Å². The Bertz CT molecular complexity index is 612. The fourth-order valence-electron chi connectivity index (χ4n) is 2.44. The Balaban J connectivity index is 2.15. The number of carbonyl (C=O) groups excluding carboxylic acids is 2. The lowest BCUT2D eigenvalue weighted by molar-refractivity contribution is -0.124. The van der Waals surface area contributed by atoms with Crippen LogP contribution in [0.3, 0.4) is 0 Å². The van der Waals surface area contributed by atoms with Crippen LogP contribution in [0.15, 0.2) is 29.2 Å². The van der Waals surface area contributed by atoms with Gasteiger partial charge in [0.05, 0.1) is 11.6 Å². The zero-order valence-electron chi connectivity index (χ0n) is 13.4. The van der Waals surface area contributed by atoms with E-state index in [1.54, 1.807) is 18.2 Å². The highest BCUT2D eigenvalue weighted by molar-refractivity contribution is 8.18. The van der Waals surface area contributed by atoms with Crippen molar-refractivity contribution in [3.63, 3.8) is 0 Å². The molecule has 2 amide bonds. The van der Waals surface area contributed by atoms with Crippen LogP contribution in [0.25, 0.3) is 6.08 Å². The Hall–Kier alpha value is -1.66. The third-order valence-corrected chi connectivity index (χ3v) is 4.39. The van der Waals surface area contributed by atoms with Crippen molar-refractivity contribution >= 4 is 29.0 Å². The maximum atomic E-state index is 13.7. The van der Waals surface area contributed by atoms with Crippen LogP contribution in [0.2, 0.25) is 0 Å². The van der Waals surface area contributed by atoms with Gasteiger partial charge >= 0.3 is 0 Å². The number of hydrogen-bond donors (Lipinski definition) is 0. The van der Waals surface area contributed by atoms with E-state index in [2.05, 4.69) is 18.7 Å². The van der Waals surface area contributed by atoms with Gasteiger partial charge in [-0.3, -0.25) is 19.4 Å². The quantitative estimate of drug-likeness (QED) is 0.707. The molecule has 0 saturated carbocycles. The van der Waals surface area contributed by atoms with Gasteiger partial charge in [0.15, 0.2) is 0 Å². The molecule has 0 N–H and O–H groups in total. The standard InChI is InChI=1S/C17H21FN2O2S/c1-3-9-19(10-4-2)12-20-16(21)15(23-17(20)22)11-13-7-5-6-8-14(13)18/h5-8,11H,3-4,9-10,12H2,1-2H3. The van der Waals surface area contributed by atoms with E-state index in [0.717, 1.165) is 37.7 Å². The van der Waals surface area contributed by atoms with E-state index >= 15 is 0 Å². The van der Waals surface area contributed by atoms with E-state index in [4.69, 9.17) is 0 Å². The molecule has 1 fully saturated rings. The maximum Gasteiger partial charge on any atom is 0.294 e. The van der Waals surface area contributed by atoms with Crippen LogP contribution in [0.5, 0.6) is 0 Å². The van der Waals surface area contributed by atoms with E-state index in [-0.39, 0.29) is 16.1 Å². The highest BCUT2D eigenvalue weighted by atomic mass is 32.2. The third-order valence-electron chi connectivity index (χ3n) is 3.49. The third kappa shape index (κ3) is 4.42. The average molecular weight is 336 g/mol. The smallest absolute Gasteiger partial charge is 0.286 e. The molecule has 6 heteroatoms. The Morgan fingerprint density at radius 2 is 1.83 bits per heavy atom. The second-order valence-electron chi connectivity index (χ2n) is 5.39. The number of imide groups is 1. The van der Waals surface area contributed by atoms with Gasteiger partial charge in [-0.2, -0.15) is 0 Å². The first-order chi connectivity index (χ1) is 11.1. The molecule has 1 aromatic carbocycles. The fourth-order valence-corrected chi connectivity index (χ4v) is 3.26. The van der Waals surface area contributed by atoms with Crippen molar-refractivity contribution in [1.82, 2.24) is 9.80 Å². The van der Waals surface area contributed by atoms with Crippen LogP contribution < -0.4 is 0 Å². The second-order valence-corrected chi connectivity index (χ2v) is 6.38. The molecule has 1 heterocycles. The minimum atomic E-state index is -0.405. The van der Waals surface area contributed by atoms with Crippen LogP contribution in [0.1, 0.15) is 32.3 Å². The summed E-state index contributed by atoms with van der Waals surface area (Å²) in [7, 11) is 0. The first-order valence-corrected chi connectivity index (χ1v) is 8.60. The number of hydrogen-bond acceptors (Lipinski definition) is 4. The number of carbonyl (C=O) groups is 2. The van der Waals surface area contributed by atoms with Crippen molar-refractivity contribution in [3.8, 4) is 0 Å². The predicted molar refractivity (Wildman–Crippen MR) is 91.2 cm³/mol. The number of nitrogens with zero attached hydrogens (tertiary/aromatic N) is 2. The fraction of sp³-hybridized carbons (Fsp3) is 0.412. The van der Waals surface area contributed by atoms with E-state index in [1.807, 2.05) is 0 Å². The molecule has 1 aliphatic rings. The molecule has 0 aliphatic carbocycles. The Kier molecular flexibility index (Phi) is 6.36. The van der Waals surface area contributed by atoms with E-state index in [0.29, 0.717) is 12.2 Å². The molecule has 0 radical (unpaired) electrons. The van der Waals surface area contributed by atoms with E-state index < -0.39 is 5.82 Å². The molecule has 1 aromatic rings. The summed E-state index contributed by atoms with van der Waals surface area (Å²) in [6, 6.07) is 6.21. The summed E-state index contributed by atoms with van der Waals surface area (Å²) < 4.78 is 13.7. The average Bonchev–Trinajstić information content (AvgIpc) is 2.78. The van der Waals surface area contributed by atoms with Crippen molar-refractivity contribution in [2.45, 2.75) is 26.7 Å². The van der Waals surface area contributed by atoms with Gasteiger partial charge in [-0.15, -0.1) is 0 Å². The number of halogens is 1. The summed E-state index contributed by atoms with van der Waals surface area (Å²) >= 11 is 0.869. The summed E-state index contributed by atoms with van der Waals surface area (Å²) in [5, 5.41) is -0.296. The van der Waals surface area contributed by atoms with Gasteiger partial charge in [0.25, 0.3) is 11.1 Å². The summed E-state index contributed by atoms with van der Waals surface area (Å²) in [5.41, 5.74) is 0.317. The first-order valence-electron chi connectivity index (χ1n) is 7.79. The molecule has 23 heavy (non-hydrogen) atoms. The van der Waals surface area contributed by atoms with Gasteiger partial charge in [-0.25, -0.2) is 4.39 Å². The van der Waals surface area contributed by atoms with Gasteiger partial charge in [-0.1, -0.05) is 32.0 Å². The van der Waals surface area contributed by atoms with E-state index in [1.165, 1.54) is 17.0 Å². The van der Waals surface area contributed by atoms with Crippen molar-refractivity contribution < 1.29 is 14.0 Å². The number of benzene rings is 1. The van der Waals surface area contributed by atoms with Crippen molar-refractivity contribution in [2.24, 2.45) is 0 Å². The van der Waals surface area contributed by atoms with E-state index in [9.17, 15) is 14.0 Å². The zero-order valence-corrected chi connectivity index (χ0v) is 14.2. The minimum Gasteiger partial charge on any atom is -0.286 e. The van der Waals surface area contributed by atoms with Crippen LogP contribution in [0.4, 0.5) is 9.18 Å². The van der Waals surface area contributed by atoms with Crippen molar-refractivity contribution in [3.05, 3.63) is 40.6 Å². The summed E-state index contributed by atoms with van der Waals surface area (Å²) in [4.78, 5) is 28.2. The van der Waals surface area contributed by atoms with Gasteiger partial charge in [0.1, 0.15) is 5.82 Å². The largest absolute Gasteiger partial charge is 0.294 e. The Morgan fingerprint density at radius 3 is 2.43 bits per heavy atom. The van der Waals surface area contributed by atoms with Gasteiger partial charge < -0.3 is 0 Å². The van der Waals surface area contributed by atoms with Crippen LogP contribution in [-0.2, 0) is 4.79 Å². The minimum absolute atomic E-state index is 0.271. The maximum absolute atomic E-state index is 13.7. The molecule has 124 valence electrons. The lowest BCUT2D eigenvalue weighted by Crippen LogP contribution is -2.41. The summed E-state index contributed by atoms with van der Waals surface area (Å²) in [5.74, 6) is -0.752. The highest BCUT2D eigenvalue weighted by Gasteiger charge is 2.35. The molecule has 0 unspecified atom stereocenters. The second kappa shape index (κ2) is 8.26. The first kappa shape index (κ1) is 17.7. The van der Waals surface area contributed by atoms with Gasteiger partial charge in [-0.05, 0) is 49.8 Å². The lowest BCUT2D eigenvalue weighted by atomic mass is 10.2. The summed E-state index contributed by atoms with van der Waals surface area (Å²) in [6.45, 7) is 6.09. The Labute approximate surface area is 140 Å².